The van der Waals surface area contributed by atoms with E-state index >= 15 is 0 Å². The molecule has 2 nitrogen and oxygen atoms in total. The number of ether oxygens (including phenoxy) is 1. The first-order valence-corrected chi connectivity index (χ1v) is 5.13. The summed E-state index contributed by atoms with van der Waals surface area (Å²) in [5.41, 5.74) is 2.25. The van der Waals surface area contributed by atoms with Gasteiger partial charge in [-0.05, 0) is 43.4 Å². The zero-order chi connectivity index (χ0) is 9.97. The molecule has 1 aromatic rings. The summed E-state index contributed by atoms with van der Waals surface area (Å²) in [5, 5.41) is 7.67. The fraction of sp³-hybridized carbons (Fsp3) is 0.417. The number of nitrogens with one attached hydrogen (secondary N) is 1. The summed E-state index contributed by atoms with van der Waals surface area (Å²) >= 11 is 0. The smallest absolute Gasteiger partial charge is 0.213 e. The summed E-state index contributed by atoms with van der Waals surface area (Å²) in [6, 6.07) is 8.16. The Morgan fingerprint density at radius 1 is 1.50 bits per heavy atom. The van der Waals surface area contributed by atoms with E-state index in [0.29, 0.717) is 6.61 Å². The second kappa shape index (κ2) is 3.82. The predicted octanol–water partition coefficient (Wildman–Crippen LogP) is 2.93. The van der Waals surface area contributed by atoms with E-state index in [9.17, 15) is 0 Å². The first-order chi connectivity index (χ1) is 6.81. The summed E-state index contributed by atoms with van der Waals surface area (Å²) in [7, 11) is 0. The first kappa shape index (κ1) is 9.25. The van der Waals surface area contributed by atoms with Crippen LogP contribution in [0.25, 0.3) is 0 Å². The van der Waals surface area contributed by atoms with Crippen LogP contribution in [-0.4, -0.2) is 12.5 Å². The van der Waals surface area contributed by atoms with Gasteiger partial charge in [0.05, 0.1) is 6.61 Å². The molecule has 1 saturated carbocycles. The molecule has 1 aromatic carbocycles. The Hall–Kier alpha value is -1.31. The van der Waals surface area contributed by atoms with Crippen molar-refractivity contribution < 1.29 is 4.74 Å². The van der Waals surface area contributed by atoms with Crippen molar-refractivity contribution in [2.75, 3.05) is 6.61 Å². The van der Waals surface area contributed by atoms with E-state index in [-0.39, 0.29) is 5.90 Å². The van der Waals surface area contributed by atoms with Gasteiger partial charge in [0, 0.05) is 5.56 Å². The Morgan fingerprint density at radius 3 is 2.93 bits per heavy atom. The Labute approximate surface area is 84.4 Å². The maximum Gasteiger partial charge on any atom is 0.213 e. The maximum atomic E-state index is 7.67. The number of hydrogen-bond acceptors (Lipinski definition) is 2. The molecule has 0 saturated heterocycles. The molecule has 1 aliphatic rings. The van der Waals surface area contributed by atoms with Gasteiger partial charge in [-0.1, -0.05) is 12.1 Å². The van der Waals surface area contributed by atoms with E-state index in [1.54, 1.807) is 0 Å². The molecule has 1 aliphatic carbocycles. The third-order valence-corrected chi connectivity index (χ3v) is 2.49. The van der Waals surface area contributed by atoms with Crippen LogP contribution < -0.4 is 0 Å². The summed E-state index contributed by atoms with van der Waals surface area (Å²) < 4.78 is 5.17. The van der Waals surface area contributed by atoms with Crippen LogP contribution >= 0.6 is 0 Å². The summed E-state index contributed by atoms with van der Waals surface area (Å²) in [5.74, 6) is 1.03. The van der Waals surface area contributed by atoms with Gasteiger partial charge >= 0.3 is 0 Å². The van der Waals surface area contributed by atoms with Gasteiger partial charge in [-0.25, -0.2) is 0 Å². The third-order valence-electron chi connectivity index (χ3n) is 2.49. The fourth-order valence-corrected chi connectivity index (χ4v) is 1.58. The molecule has 0 spiro atoms. The average Bonchev–Trinajstić information content (AvgIpc) is 3.02. The SMILES string of the molecule is CCOC(=N)c1cccc(C2CC2)c1. The van der Waals surface area contributed by atoms with Gasteiger partial charge in [0.25, 0.3) is 0 Å². The van der Waals surface area contributed by atoms with Crippen LogP contribution in [0.4, 0.5) is 0 Å². The molecule has 2 rings (SSSR count). The van der Waals surface area contributed by atoms with Crippen LogP contribution in [0.15, 0.2) is 24.3 Å². The largest absolute Gasteiger partial charge is 0.478 e. The highest BCUT2D eigenvalue weighted by molar-refractivity contribution is 5.91. The predicted molar refractivity (Wildman–Crippen MR) is 56.9 cm³/mol. The Bertz CT molecular complexity index is 342. The van der Waals surface area contributed by atoms with Gasteiger partial charge < -0.3 is 4.74 Å². The molecule has 14 heavy (non-hydrogen) atoms. The van der Waals surface area contributed by atoms with Gasteiger partial charge in [-0.2, -0.15) is 0 Å². The minimum atomic E-state index is 0.287. The Kier molecular flexibility index (Phi) is 2.53. The normalized spacial score (nSPS) is 15.2. The molecule has 1 fully saturated rings. The minimum absolute atomic E-state index is 0.287. The van der Waals surface area contributed by atoms with E-state index in [0.717, 1.165) is 11.5 Å². The van der Waals surface area contributed by atoms with Crippen LogP contribution in [0.3, 0.4) is 0 Å². The molecule has 0 aromatic heterocycles. The van der Waals surface area contributed by atoms with Gasteiger partial charge in [0.2, 0.25) is 5.90 Å². The molecular weight excluding hydrogens is 174 g/mol. The number of hydrogen-bond donors (Lipinski definition) is 1. The van der Waals surface area contributed by atoms with Crippen molar-refractivity contribution in [2.24, 2.45) is 0 Å². The van der Waals surface area contributed by atoms with Crippen molar-refractivity contribution in [3.05, 3.63) is 35.4 Å². The molecular formula is C12H15NO. The van der Waals surface area contributed by atoms with E-state index < -0.39 is 0 Å². The highest BCUT2D eigenvalue weighted by atomic mass is 16.5. The lowest BCUT2D eigenvalue weighted by Gasteiger charge is -2.06. The molecule has 2 heteroatoms. The lowest BCUT2D eigenvalue weighted by atomic mass is 10.1. The van der Waals surface area contributed by atoms with E-state index in [2.05, 4.69) is 12.1 Å². The zero-order valence-corrected chi connectivity index (χ0v) is 8.42. The van der Waals surface area contributed by atoms with Gasteiger partial charge in [0.1, 0.15) is 0 Å². The average molecular weight is 189 g/mol. The van der Waals surface area contributed by atoms with Crippen molar-refractivity contribution in [1.29, 1.82) is 5.41 Å². The lowest BCUT2D eigenvalue weighted by molar-refractivity contribution is 0.325. The van der Waals surface area contributed by atoms with Crippen LogP contribution in [-0.2, 0) is 4.74 Å². The van der Waals surface area contributed by atoms with E-state index in [1.165, 1.54) is 18.4 Å². The van der Waals surface area contributed by atoms with Crippen molar-refractivity contribution in [1.82, 2.24) is 0 Å². The molecule has 0 unspecified atom stereocenters. The second-order valence-corrected chi connectivity index (χ2v) is 3.66. The minimum Gasteiger partial charge on any atom is -0.478 e. The number of benzene rings is 1. The highest BCUT2D eigenvalue weighted by Crippen LogP contribution is 2.40. The van der Waals surface area contributed by atoms with Crippen molar-refractivity contribution in [3.63, 3.8) is 0 Å². The Balaban J connectivity index is 2.16. The van der Waals surface area contributed by atoms with Crippen molar-refractivity contribution >= 4 is 5.90 Å². The van der Waals surface area contributed by atoms with Crippen LogP contribution in [0, 0.1) is 5.41 Å². The molecule has 0 atom stereocenters. The van der Waals surface area contributed by atoms with Crippen LogP contribution in [0.1, 0.15) is 36.8 Å². The third kappa shape index (κ3) is 1.95. The maximum absolute atomic E-state index is 7.67. The standard InChI is InChI=1S/C12H15NO/c1-2-14-12(13)11-5-3-4-10(8-11)9-6-7-9/h3-5,8-9,13H,2,6-7H2,1H3. The Morgan fingerprint density at radius 2 is 2.29 bits per heavy atom. The molecule has 0 radical (unpaired) electrons. The molecule has 0 bridgehead atoms. The van der Waals surface area contributed by atoms with Crippen molar-refractivity contribution in [3.8, 4) is 0 Å². The van der Waals surface area contributed by atoms with Gasteiger partial charge in [0.15, 0.2) is 0 Å². The lowest BCUT2D eigenvalue weighted by Crippen LogP contribution is -2.04. The molecule has 1 N–H and O–H groups in total. The van der Waals surface area contributed by atoms with Crippen LogP contribution in [0.2, 0.25) is 0 Å². The van der Waals surface area contributed by atoms with Crippen LogP contribution in [0.5, 0.6) is 0 Å². The van der Waals surface area contributed by atoms with Crippen molar-refractivity contribution in [2.45, 2.75) is 25.7 Å². The van der Waals surface area contributed by atoms with E-state index in [4.69, 9.17) is 10.1 Å². The summed E-state index contributed by atoms with van der Waals surface area (Å²) in [4.78, 5) is 0. The fourth-order valence-electron chi connectivity index (χ4n) is 1.58. The molecule has 0 heterocycles. The second-order valence-electron chi connectivity index (χ2n) is 3.66. The quantitative estimate of drug-likeness (QED) is 0.575. The van der Waals surface area contributed by atoms with Gasteiger partial charge in [-0.3, -0.25) is 5.41 Å². The summed E-state index contributed by atoms with van der Waals surface area (Å²) in [6.07, 6.45) is 2.59. The highest BCUT2D eigenvalue weighted by Gasteiger charge is 2.23. The summed E-state index contributed by atoms with van der Waals surface area (Å²) in [6.45, 7) is 2.46. The number of rotatable bonds is 3. The molecule has 0 amide bonds. The first-order valence-electron chi connectivity index (χ1n) is 5.13. The van der Waals surface area contributed by atoms with E-state index in [1.807, 2.05) is 19.1 Å². The topological polar surface area (TPSA) is 33.1 Å². The molecule has 74 valence electrons. The molecule has 0 aliphatic heterocycles. The zero-order valence-electron chi connectivity index (χ0n) is 8.42. The van der Waals surface area contributed by atoms with Gasteiger partial charge in [-0.15, -0.1) is 0 Å². The monoisotopic (exact) mass is 189 g/mol.